The molecule has 2 N–H and O–H groups in total. The number of hydrogen-bond donors (Lipinski definition) is 2. The van der Waals surface area contributed by atoms with Gasteiger partial charge in [-0.15, -0.1) is 0 Å². The van der Waals surface area contributed by atoms with Crippen LogP contribution in [0.4, 0.5) is 10.2 Å². The number of hydrogen-bond acceptors (Lipinski definition) is 4. The summed E-state index contributed by atoms with van der Waals surface area (Å²) >= 11 is 0. The van der Waals surface area contributed by atoms with Gasteiger partial charge in [0.25, 0.3) is 0 Å². The highest BCUT2D eigenvalue weighted by molar-refractivity contribution is 5.93. The van der Waals surface area contributed by atoms with E-state index in [2.05, 4.69) is 29.2 Å². The molecule has 1 aromatic rings. The van der Waals surface area contributed by atoms with E-state index in [-0.39, 0.29) is 16.8 Å². The molecule has 1 aliphatic rings. The van der Waals surface area contributed by atoms with Crippen molar-refractivity contribution < 1.29 is 14.3 Å². The third-order valence-electron chi connectivity index (χ3n) is 3.96. The maximum absolute atomic E-state index is 13.1. The quantitative estimate of drug-likeness (QED) is 0.884. The van der Waals surface area contributed by atoms with Crippen molar-refractivity contribution in [2.45, 2.75) is 19.8 Å². The monoisotopic (exact) mass is 281 g/mol. The van der Waals surface area contributed by atoms with Gasteiger partial charge in [-0.05, 0) is 44.5 Å². The number of piperidine rings is 1. The van der Waals surface area contributed by atoms with Crippen LogP contribution in [0.1, 0.15) is 30.1 Å². The molecule has 1 aliphatic heterocycles. The number of anilines is 1. The van der Waals surface area contributed by atoms with E-state index in [1.807, 2.05) is 0 Å². The number of halogens is 1. The fourth-order valence-corrected chi connectivity index (χ4v) is 2.38. The lowest BCUT2D eigenvalue weighted by atomic mass is 9.80. The first-order valence-corrected chi connectivity index (χ1v) is 6.71. The van der Waals surface area contributed by atoms with Crippen molar-refractivity contribution >= 4 is 11.8 Å². The van der Waals surface area contributed by atoms with Gasteiger partial charge in [0.2, 0.25) is 0 Å². The van der Waals surface area contributed by atoms with Crippen molar-refractivity contribution in [1.29, 1.82) is 0 Å². The smallest absolute Gasteiger partial charge is 0.339 e. The Morgan fingerprint density at radius 3 is 2.80 bits per heavy atom. The van der Waals surface area contributed by atoms with E-state index in [0.29, 0.717) is 6.54 Å². The lowest BCUT2D eigenvalue weighted by Crippen LogP contribution is -2.40. The van der Waals surface area contributed by atoms with Gasteiger partial charge in [-0.25, -0.2) is 14.2 Å². The van der Waals surface area contributed by atoms with Crippen LogP contribution >= 0.6 is 0 Å². The first kappa shape index (κ1) is 14.7. The molecule has 0 bridgehead atoms. The third-order valence-corrected chi connectivity index (χ3v) is 3.96. The fraction of sp³-hybridized carbons (Fsp3) is 0.571. The number of aromatic carboxylic acids is 1. The molecular formula is C14H20FN3O2. The number of likely N-dealkylation sites (tertiary alicyclic amines) is 1. The summed E-state index contributed by atoms with van der Waals surface area (Å²) in [4.78, 5) is 17.2. The molecule has 2 rings (SSSR count). The molecule has 0 amide bonds. The van der Waals surface area contributed by atoms with Crippen molar-refractivity contribution in [3.8, 4) is 0 Å². The highest BCUT2D eigenvalue weighted by atomic mass is 19.1. The minimum atomic E-state index is -1.17. The second-order valence-electron chi connectivity index (χ2n) is 5.82. The van der Waals surface area contributed by atoms with Crippen molar-refractivity contribution in [3.63, 3.8) is 0 Å². The summed E-state index contributed by atoms with van der Waals surface area (Å²) in [6.07, 6.45) is 3.12. The van der Waals surface area contributed by atoms with Gasteiger partial charge >= 0.3 is 5.97 Å². The SMILES string of the molecule is CN1CCC(C)(CNc2ncc(F)cc2C(=O)O)CC1. The predicted octanol–water partition coefficient (Wildman–Crippen LogP) is 2.06. The molecule has 0 saturated carbocycles. The highest BCUT2D eigenvalue weighted by Gasteiger charge is 2.29. The number of nitrogens with one attached hydrogen (secondary N) is 1. The minimum absolute atomic E-state index is 0.109. The molecule has 1 saturated heterocycles. The molecule has 5 nitrogen and oxygen atoms in total. The minimum Gasteiger partial charge on any atom is -0.478 e. The van der Waals surface area contributed by atoms with Crippen LogP contribution in [0, 0.1) is 11.2 Å². The zero-order valence-corrected chi connectivity index (χ0v) is 11.8. The number of carboxylic acids is 1. The molecule has 0 aliphatic carbocycles. The van der Waals surface area contributed by atoms with E-state index < -0.39 is 11.8 Å². The van der Waals surface area contributed by atoms with Gasteiger partial charge in [0.1, 0.15) is 17.2 Å². The molecular weight excluding hydrogens is 261 g/mol. The van der Waals surface area contributed by atoms with Gasteiger partial charge in [-0.2, -0.15) is 0 Å². The molecule has 6 heteroatoms. The molecule has 1 aromatic heterocycles. The van der Waals surface area contributed by atoms with Crippen LogP contribution < -0.4 is 5.32 Å². The highest BCUT2D eigenvalue weighted by Crippen LogP contribution is 2.30. The Morgan fingerprint density at radius 1 is 1.55 bits per heavy atom. The standard InChI is InChI=1S/C14H20FN3O2/c1-14(3-5-18(2)6-4-14)9-17-12-11(13(19)20)7-10(15)8-16-12/h7-8H,3-6,9H2,1-2H3,(H,16,17)(H,19,20). The maximum Gasteiger partial charge on any atom is 0.339 e. The van der Waals surface area contributed by atoms with E-state index in [1.165, 1.54) is 0 Å². The Morgan fingerprint density at radius 2 is 2.20 bits per heavy atom. The average Bonchev–Trinajstić information content (AvgIpc) is 2.41. The summed E-state index contributed by atoms with van der Waals surface area (Å²) < 4.78 is 13.1. The summed E-state index contributed by atoms with van der Waals surface area (Å²) in [6.45, 7) is 4.87. The largest absolute Gasteiger partial charge is 0.478 e. The van der Waals surface area contributed by atoms with Crippen LogP contribution in [0.3, 0.4) is 0 Å². The summed E-state index contributed by atoms with van der Waals surface area (Å²) in [5.41, 5.74) is -0.0141. The summed E-state index contributed by atoms with van der Waals surface area (Å²) in [6, 6.07) is 0.995. The van der Waals surface area contributed by atoms with Crippen molar-refractivity contribution in [3.05, 3.63) is 23.6 Å². The molecule has 0 unspecified atom stereocenters. The molecule has 1 fully saturated rings. The first-order chi connectivity index (χ1) is 9.39. The predicted molar refractivity (Wildman–Crippen MR) is 74.5 cm³/mol. The molecule has 0 atom stereocenters. The topological polar surface area (TPSA) is 65.5 Å². The van der Waals surface area contributed by atoms with E-state index in [0.717, 1.165) is 38.2 Å². The van der Waals surface area contributed by atoms with E-state index in [4.69, 9.17) is 5.11 Å². The second kappa shape index (κ2) is 5.75. The van der Waals surface area contributed by atoms with E-state index >= 15 is 0 Å². The number of nitrogens with zero attached hydrogens (tertiary/aromatic N) is 2. The van der Waals surface area contributed by atoms with E-state index in [1.54, 1.807) is 0 Å². The molecule has 20 heavy (non-hydrogen) atoms. The molecule has 0 spiro atoms. The maximum atomic E-state index is 13.1. The zero-order valence-electron chi connectivity index (χ0n) is 11.8. The van der Waals surface area contributed by atoms with Crippen LogP contribution in [-0.2, 0) is 0 Å². The molecule has 0 aromatic carbocycles. The number of aromatic nitrogens is 1. The molecule has 0 radical (unpaired) electrons. The Labute approximate surface area is 117 Å². The van der Waals surface area contributed by atoms with Crippen molar-refractivity contribution in [2.75, 3.05) is 32.0 Å². The molecule has 2 heterocycles. The van der Waals surface area contributed by atoms with Crippen LogP contribution in [0.15, 0.2) is 12.3 Å². The van der Waals surface area contributed by atoms with Gasteiger partial charge in [0.05, 0.1) is 6.20 Å². The van der Waals surface area contributed by atoms with Crippen LogP contribution in [0.25, 0.3) is 0 Å². The van der Waals surface area contributed by atoms with Gasteiger partial charge < -0.3 is 15.3 Å². The van der Waals surface area contributed by atoms with Gasteiger partial charge in [0.15, 0.2) is 0 Å². The first-order valence-electron chi connectivity index (χ1n) is 6.71. The lowest BCUT2D eigenvalue weighted by Gasteiger charge is -2.38. The Kier molecular flexibility index (Phi) is 4.23. The van der Waals surface area contributed by atoms with Crippen LogP contribution in [0.2, 0.25) is 0 Å². The van der Waals surface area contributed by atoms with Crippen molar-refractivity contribution in [1.82, 2.24) is 9.88 Å². The lowest BCUT2D eigenvalue weighted by molar-refractivity contribution is 0.0696. The fourth-order valence-electron chi connectivity index (χ4n) is 2.38. The Hall–Kier alpha value is -1.69. The van der Waals surface area contributed by atoms with E-state index in [9.17, 15) is 9.18 Å². The number of pyridine rings is 1. The third kappa shape index (κ3) is 3.45. The average molecular weight is 281 g/mol. The normalized spacial score (nSPS) is 18.8. The van der Waals surface area contributed by atoms with Crippen molar-refractivity contribution in [2.24, 2.45) is 5.41 Å². The van der Waals surface area contributed by atoms with Gasteiger partial charge in [0, 0.05) is 6.54 Å². The van der Waals surface area contributed by atoms with Gasteiger partial charge in [-0.3, -0.25) is 0 Å². The molecule has 110 valence electrons. The van der Waals surface area contributed by atoms with Crippen LogP contribution in [-0.4, -0.2) is 47.6 Å². The number of carbonyl (C=O) groups is 1. The Balaban J connectivity index is 2.05. The Bertz CT molecular complexity index is 499. The number of carboxylic acid groups (broad SMARTS) is 1. The zero-order chi connectivity index (χ0) is 14.8. The summed E-state index contributed by atoms with van der Waals surface area (Å²) in [7, 11) is 2.09. The number of rotatable bonds is 4. The second-order valence-corrected chi connectivity index (χ2v) is 5.82. The van der Waals surface area contributed by atoms with Crippen LogP contribution in [0.5, 0.6) is 0 Å². The summed E-state index contributed by atoms with van der Waals surface area (Å²) in [5.74, 6) is -1.58. The summed E-state index contributed by atoms with van der Waals surface area (Å²) in [5, 5.41) is 12.1. The van der Waals surface area contributed by atoms with Gasteiger partial charge in [-0.1, -0.05) is 6.92 Å².